The molecule has 0 aliphatic heterocycles. The summed E-state index contributed by atoms with van der Waals surface area (Å²) in [4.78, 5) is 0. The molecule has 0 spiro atoms. The number of hydrogen-bond acceptors (Lipinski definition) is 3. The van der Waals surface area contributed by atoms with E-state index >= 15 is 0 Å². The molecule has 0 heterocycles. The zero-order valence-electron chi connectivity index (χ0n) is 24.6. The molecule has 1 aromatic rings. The average Bonchev–Trinajstić information content (AvgIpc) is 3.23. The van der Waals surface area contributed by atoms with Gasteiger partial charge in [0.05, 0.1) is 11.8 Å². The van der Waals surface area contributed by atoms with E-state index in [2.05, 4.69) is 34.6 Å². The Labute approximate surface area is 227 Å². The topological polar surface area (TPSA) is 61.3 Å². The van der Waals surface area contributed by atoms with Gasteiger partial charge in [-0.3, -0.25) is 0 Å². The first-order chi connectivity index (χ1) is 17.7. The Morgan fingerprint density at radius 2 is 1.68 bits per heavy atom. The SMILES string of the molecule is CCC(C)CCCC(C)C1CCC2C3CCC4CC(Oc5ccc(N)cc5N)CCC4(C)C3CCC12C. The molecule has 4 aliphatic rings. The van der Waals surface area contributed by atoms with Crippen LogP contribution in [0.25, 0.3) is 0 Å². The number of rotatable bonds is 8. The smallest absolute Gasteiger partial charge is 0.142 e. The van der Waals surface area contributed by atoms with Crippen molar-refractivity contribution in [3.8, 4) is 5.75 Å². The van der Waals surface area contributed by atoms with E-state index in [1.807, 2.05) is 18.2 Å². The van der Waals surface area contributed by atoms with Crippen molar-refractivity contribution in [3.63, 3.8) is 0 Å². The lowest BCUT2D eigenvalue weighted by molar-refractivity contribution is -0.126. The second-order valence-electron chi connectivity index (χ2n) is 14.6. The Balaban J connectivity index is 1.22. The van der Waals surface area contributed by atoms with Gasteiger partial charge in [0.25, 0.3) is 0 Å². The number of ether oxygens (including phenoxy) is 1. The average molecular weight is 509 g/mol. The molecule has 3 nitrogen and oxygen atoms in total. The first kappa shape index (κ1) is 27.2. The minimum absolute atomic E-state index is 0.293. The largest absolute Gasteiger partial charge is 0.488 e. The molecular weight excluding hydrogens is 452 g/mol. The predicted octanol–water partition coefficient (Wildman–Crippen LogP) is 9.11. The van der Waals surface area contributed by atoms with E-state index in [0.717, 1.165) is 53.6 Å². The van der Waals surface area contributed by atoms with E-state index in [1.165, 1.54) is 77.0 Å². The van der Waals surface area contributed by atoms with E-state index in [1.54, 1.807) is 0 Å². The third kappa shape index (κ3) is 5.03. The third-order valence-corrected chi connectivity index (χ3v) is 12.8. The Morgan fingerprint density at radius 1 is 0.919 bits per heavy atom. The van der Waals surface area contributed by atoms with Gasteiger partial charge in [-0.15, -0.1) is 0 Å². The van der Waals surface area contributed by atoms with Crippen LogP contribution in [0.5, 0.6) is 5.75 Å². The van der Waals surface area contributed by atoms with Crippen LogP contribution < -0.4 is 16.2 Å². The molecule has 0 aromatic heterocycles. The van der Waals surface area contributed by atoms with E-state index in [0.29, 0.717) is 28.3 Å². The van der Waals surface area contributed by atoms with E-state index in [9.17, 15) is 0 Å². The first-order valence-electron chi connectivity index (χ1n) is 16.0. The van der Waals surface area contributed by atoms with Gasteiger partial charge in [0.2, 0.25) is 0 Å². The summed E-state index contributed by atoms with van der Waals surface area (Å²) in [5.74, 6) is 7.22. The van der Waals surface area contributed by atoms with Crippen LogP contribution in [0.4, 0.5) is 11.4 Å². The molecule has 0 radical (unpaired) electrons. The fourth-order valence-electron chi connectivity index (χ4n) is 10.3. The summed E-state index contributed by atoms with van der Waals surface area (Å²) in [6.45, 7) is 12.8. The van der Waals surface area contributed by atoms with Gasteiger partial charge in [-0.1, -0.05) is 60.3 Å². The van der Waals surface area contributed by atoms with Crippen LogP contribution in [0.15, 0.2) is 18.2 Å². The molecule has 10 unspecified atom stereocenters. The molecule has 4 saturated carbocycles. The van der Waals surface area contributed by atoms with Crippen molar-refractivity contribution < 1.29 is 4.74 Å². The number of fused-ring (bicyclic) bond motifs is 5. The third-order valence-electron chi connectivity index (χ3n) is 12.8. The molecule has 0 saturated heterocycles. The zero-order chi connectivity index (χ0) is 26.4. The zero-order valence-corrected chi connectivity index (χ0v) is 24.6. The maximum atomic E-state index is 6.47. The van der Waals surface area contributed by atoms with Crippen molar-refractivity contribution in [1.82, 2.24) is 0 Å². The van der Waals surface area contributed by atoms with E-state index < -0.39 is 0 Å². The maximum absolute atomic E-state index is 6.47. The van der Waals surface area contributed by atoms with Crippen molar-refractivity contribution in [1.29, 1.82) is 0 Å². The van der Waals surface area contributed by atoms with Gasteiger partial charge >= 0.3 is 0 Å². The van der Waals surface area contributed by atoms with Gasteiger partial charge in [0.15, 0.2) is 0 Å². The van der Waals surface area contributed by atoms with Gasteiger partial charge in [-0.2, -0.15) is 0 Å². The van der Waals surface area contributed by atoms with Crippen LogP contribution in [0.3, 0.4) is 0 Å². The number of anilines is 2. The van der Waals surface area contributed by atoms with Crippen LogP contribution in [0, 0.1) is 52.3 Å². The molecule has 5 rings (SSSR count). The maximum Gasteiger partial charge on any atom is 0.142 e. The highest BCUT2D eigenvalue weighted by Crippen LogP contribution is 2.68. The molecule has 4 N–H and O–H groups in total. The Morgan fingerprint density at radius 3 is 2.43 bits per heavy atom. The number of hydrogen-bond donors (Lipinski definition) is 2. The summed E-state index contributed by atoms with van der Waals surface area (Å²) in [6.07, 6.45) is 18.4. The standard InChI is InChI=1S/C34H56N2O/c1-6-22(2)8-7-9-23(3)28-13-14-29-27-12-10-24-20-26(37-32-15-11-25(35)21-31(32)36)16-18-33(24,4)30(27)17-19-34(28,29)5/h11,15,21-24,26-30H,6-10,12-14,16-20,35-36H2,1-5H3. The summed E-state index contributed by atoms with van der Waals surface area (Å²) in [5.41, 5.74) is 14.6. The number of nitrogen functional groups attached to an aromatic ring is 2. The minimum atomic E-state index is 0.293. The highest BCUT2D eigenvalue weighted by Gasteiger charge is 2.60. The monoisotopic (exact) mass is 508 g/mol. The van der Waals surface area contributed by atoms with Gasteiger partial charge < -0.3 is 16.2 Å². The Hall–Kier alpha value is -1.38. The number of nitrogens with two attached hydrogens (primary N) is 2. The molecule has 3 heteroatoms. The lowest BCUT2D eigenvalue weighted by Crippen LogP contribution is -2.54. The first-order valence-corrected chi connectivity index (χ1v) is 16.0. The predicted molar refractivity (Wildman–Crippen MR) is 157 cm³/mol. The Bertz CT molecular complexity index is 930. The van der Waals surface area contributed by atoms with Gasteiger partial charge in [-0.05, 0) is 128 Å². The van der Waals surface area contributed by atoms with Crippen molar-refractivity contribution in [2.45, 2.75) is 124 Å². The minimum Gasteiger partial charge on any atom is -0.488 e. The molecule has 208 valence electrons. The molecule has 0 bridgehead atoms. The van der Waals surface area contributed by atoms with Crippen molar-refractivity contribution in [3.05, 3.63) is 18.2 Å². The van der Waals surface area contributed by atoms with Crippen LogP contribution in [-0.2, 0) is 0 Å². The fourth-order valence-corrected chi connectivity index (χ4v) is 10.3. The second kappa shape index (κ2) is 10.6. The normalized spacial score (nSPS) is 40.8. The summed E-state index contributed by atoms with van der Waals surface area (Å²) in [6, 6.07) is 5.69. The summed E-state index contributed by atoms with van der Waals surface area (Å²) < 4.78 is 6.47. The van der Waals surface area contributed by atoms with Crippen molar-refractivity contribution in [2.75, 3.05) is 11.5 Å². The highest BCUT2D eigenvalue weighted by molar-refractivity contribution is 5.60. The summed E-state index contributed by atoms with van der Waals surface area (Å²) in [5, 5.41) is 0. The lowest BCUT2D eigenvalue weighted by Gasteiger charge is -2.61. The molecule has 1 aromatic carbocycles. The van der Waals surface area contributed by atoms with Crippen LogP contribution in [0.1, 0.15) is 118 Å². The molecule has 4 aliphatic carbocycles. The van der Waals surface area contributed by atoms with Crippen LogP contribution in [0.2, 0.25) is 0 Å². The van der Waals surface area contributed by atoms with Gasteiger partial charge in [0.1, 0.15) is 5.75 Å². The molecule has 0 amide bonds. The summed E-state index contributed by atoms with van der Waals surface area (Å²) >= 11 is 0. The highest BCUT2D eigenvalue weighted by atomic mass is 16.5. The lowest BCUT2D eigenvalue weighted by atomic mass is 9.44. The molecule has 10 atom stereocenters. The van der Waals surface area contributed by atoms with Crippen molar-refractivity contribution >= 4 is 11.4 Å². The van der Waals surface area contributed by atoms with E-state index in [-0.39, 0.29) is 0 Å². The molecular formula is C34H56N2O. The van der Waals surface area contributed by atoms with Crippen LogP contribution in [-0.4, -0.2) is 6.10 Å². The fraction of sp³-hybridized carbons (Fsp3) is 0.824. The Kier molecular flexibility index (Phi) is 7.83. The van der Waals surface area contributed by atoms with E-state index in [4.69, 9.17) is 16.2 Å². The van der Waals surface area contributed by atoms with Gasteiger partial charge in [-0.25, -0.2) is 0 Å². The second-order valence-corrected chi connectivity index (χ2v) is 14.6. The quantitative estimate of drug-likeness (QED) is 0.344. The number of benzene rings is 1. The van der Waals surface area contributed by atoms with Crippen molar-refractivity contribution in [2.24, 2.45) is 52.3 Å². The molecule has 37 heavy (non-hydrogen) atoms. The summed E-state index contributed by atoms with van der Waals surface area (Å²) in [7, 11) is 0. The van der Waals surface area contributed by atoms with Crippen LogP contribution >= 0.6 is 0 Å². The molecule has 4 fully saturated rings. The van der Waals surface area contributed by atoms with Gasteiger partial charge in [0, 0.05) is 5.69 Å².